The Morgan fingerprint density at radius 2 is 1.60 bits per heavy atom. The molecule has 1 heterocycles. The van der Waals surface area contributed by atoms with E-state index in [2.05, 4.69) is 25.9 Å². The highest BCUT2D eigenvalue weighted by molar-refractivity contribution is 5.94. The number of rotatable bonds is 15. The van der Waals surface area contributed by atoms with E-state index in [4.69, 9.17) is 10.8 Å². The molecule has 13 heteroatoms. The minimum Gasteiger partial charge on any atom is -0.481 e. The normalized spacial score (nSPS) is 14.6. The van der Waals surface area contributed by atoms with E-state index >= 15 is 0 Å². The molecule has 0 aliphatic carbocycles. The number of carboxylic acids is 2. The molecular formula is C22H36N6O7. The summed E-state index contributed by atoms with van der Waals surface area (Å²) in [6, 6.07) is -4.55. The summed E-state index contributed by atoms with van der Waals surface area (Å²) in [4.78, 5) is 67.6. The number of amides is 3. The molecule has 0 aromatic carbocycles. The maximum absolute atomic E-state index is 13.0. The van der Waals surface area contributed by atoms with Crippen LogP contribution >= 0.6 is 0 Å². The lowest BCUT2D eigenvalue weighted by Gasteiger charge is -2.27. The second-order valence-electron chi connectivity index (χ2n) is 9.14. The molecule has 0 spiro atoms. The summed E-state index contributed by atoms with van der Waals surface area (Å²) in [5.41, 5.74) is 6.57. The predicted octanol–water partition coefficient (Wildman–Crippen LogP) is -0.615. The number of H-pyrrole nitrogens is 1. The number of hydrogen-bond acceptors (Lipinski definition) is 7. The molecule has 1 aromatic rings. The number of carbonyl (C=O) groups is 5. The van der Waals surface area contributed by atoms with Crippen LogP contribution < -0.4 is 21.7 Å². The van der Waals surface area contributed by atoms with Gasteiger partial charge in [-0.1, -0.05) is 27.7 Å². The number of hydrogen-bond donors (Lipinski definition) is 7. The van der Waals surface area contributed by atoms with E-state index in [1.54, 1.807) is 27.7 Å². The number of nitrogens with zero attached hydrogens (tertiary/aromatic N) is 1. The van der Waals surface area contributed by atoms with Gasteiger partial charge in [-0.3, -0.25) is 19.2 Å². The highest BCUT2D eigenvalue weighted by Crippen LogP contribution is 2.09. The van der Waals surface area contributed by atoms with Crippen molar-refractivity contribution in [3.63, 3.8) is 0 Å². The van der Waals surface area contributed by atoms with Gasteiger partial charge in [0.15, 0.2) is 0 Å². The van der Waals surface area contributed by atoms with Gasteiger partial charge in [-0.2, -0.15) is 0 Å². The first-order chi connectivity index (χ1) is 16.3. The molecule has 0 saturated heterocycles. The zero-order valence-corrected chi connectivity index (χ0v) is 20.4. The molecule has 35 heavy (non-hydrogen) atoms. The topological polar surface area (TPSA) is 217 Å². The fourth-order valence-corrected chi connectivity index (χ4v) is 3.28. The average Bonchev–Trinajstić information content (AvgIpc) is 3.26. The van der Waals surface area contributed by atoms with Crippen molar-refractivity contribution in [2.24, 2.45) is 17.6 Å². The minimum absolute atomic E-state index is 0.0324. The summed E-state index contributed by atoms with van der Waals surface area (Å²) in [5, 5.41) is 25.8. The summed E-state index contributed by atoms with van der Waals surface area (Å²) < 4.78 is 0. The van der Waals surface area contributed by atoms with E-state index in [1.807, 2.05) is 0 Å². The van der Waals surface area contributed by atoms with Crippen molar-refractivity contribution in [3.8, 4) is 0 Å². The van der Waals surface area contributed by atoms with Crippen molar-refractivity contribution in [1.82, 2.24) is 25.9 Å². The maximum atomic E-state index is 13.0. The molecule has 4 atom stereocenters. The summed E-state index contributed by atoms with van der Waals surface area (Å²) in [5.74, 6) is -4.99. The molecule has 1 aromatic heterocycles. The van der Waals surface area contributed by atoms with Gasteiger partial charge in [-0.05, 0) is 24.7 Å². The van der Waals surface area contributed by atoms with Crippen LogP contribution in [0.3, 0.4) is 0 Å². The largest absolute Gasteiger partial charge is 0.481 e. The smallest absolute Gasteiger partial charge is 0.326 e. The lowest BCUT2D eigenvalue weighted by molar-refractivity contribution is -0.143. The Labute approximate surface area is 203 Å². The zero-order valence-electron chi connectivity index (χ0n) is 20.4. The number of aromatic nitrogens is 2. The number of aliphatic carboxylic acids is 2. The summed E-state index contributed by atoms with van der Waals surface area (Å²) in [7, 11) is 0. The second-order valence-corrected chi connectivity index (χ2v) is 9.14. The number of carbonyl (C=O) groups excluding carboxylic acids is 3. The maximum Gasteiger partial charge on any atom is 0.326 e. The molecule has 0 aliphatic rings. The summed E-state index contributed by atoms with van der Waals surface area (Å²) >= 11 is 0. The zero-order chi connectivity index (χ0) is 26.7. The van der Waals surface area contributed by atoms with Gasteiger partial charge in [0.1, 0.15) is 18.1 Å². The van der Waals surface area contributed by atoms with Gasteiger partial charge in [0, 0.05) is 24.7 Å². The predicted molar refractivity (Wildman–Crippen MR) is 125 cm³/mol. The molecule has 0 aliphatic heterocycles. The van der Waals surface area contributed by atoms with Crippen LogP contribution in [-0.4, -0.2) is 74.0 Å². The Bertz CT molecular complexity index is 872. The van der Waals surface area contributed by atoms with E-state index in [-0.39, 0.29) is 25.2 Å². The first-order valence-corrected chi connectivity index (χ1v) is 11.4. The SMILES string of the molecule is CC(C)CC(NC(=O)C(CCC(=O)O)NC(=O)C(NC(=O)C(N)Cc1cnc[nH]1)C(C)C)C(=O)O. The van der Waals surface area contributed by atoms with Gasteiger partial charge in [0.25, 0.3) is 0 Å². The molecule has 8 N–H and O–H groups in total. The number of carboxylic acid groups (broad SMARTS) is 2. The van der Waals surface area contributed by atoms with E-state index in [1.165, 1.54) is 12.5 Å². The molecule has 196 valence electrons. The van der Waals surface area contributed by atoms with E-state index in [0.717, 1.165) is 0 Å². The van der Waals surface area contributed by atoms with Crippen LogP contribution in [0, 0.1) is 11.8 Å². The van der Waals surface area contributed by atoms with Gasteiger partial charge in [-0.25, -0.2) is 9.78 Å². The van der Waals surface area contributed by atoms with E-state index in [9.17, 15) is 29.1 Å². The van der Waals surface area contributed by atoms with Crippen LogP contribution in [-0.2, 0) is 30.4 Å². The molecule has 13 nitrogen and oxygen atoms in total. The Balaban J connectivity index is 2.93. The molecule has 3 amide bonds. The van der Waals surface area contributed by atoms with Crippen molar-refractivity contribution in [3.05, 3.63) is 18.2 Å². The quantitative estimate of drug-likeness (QED) is 0.164. The molecule has 4 unspecified atom stereocenters. The monoisotopic (exact) mass is 496 g/mol. The van der Waals surface area contributed by atoms with E-state index in [0.29, 0.717) is 5.69 Å². The molecule has 0 saturated carbocycles. The van der Waals surface area contributed by atoms with Crippen LogP contribution in [0.15, 0.2) is 12.5 Å². The molecule has 0 bridgehead atoms. The third kappa shape index (κ3) is 10.5. The highest BCUT2D eigenvalue weighted by atomic mass is 16.4. The first-order valence-electron chi connectivity index (χ1n) is 11.4. The van der Waals surface area contributed by atoms with Crippen LogP contribution in [0.2, 0.25) is 0 Å². The third-order valence-electron chi connectivity index (χ3n) is 5.18. The van der Waals surface area contributed by atoms with Gasteiger partial charge in [0.2, 0.25) is 17.7 Å². The number of imidazole rings is 1. The van der Waals surface area contributed by atoms with Crippen LogP contribution in [0.1, 0.15) is 52.7 Å². The Kier molecular flexibility index (Phi) is 11.9. The van der Waals surface area contributed by atoms with Crippen LogP contribution in [0.25, 0.3) is 0 Å². The van der Waals surface area contributed by atoms with Crippen molar-refractivity contribution in [2.75, 3.05) is 0 Å². The van der Waals surface area contributed by atoms with Gasteiger partial charge in [-0.15, -0.1) is 0 Å². The standard InChI is InChI=1S/C22H36N6O7/c1-11(2)7-16(22(34)35)27-20(32)15(5-6-17(29)30)26-21(33)18(12(3)4)28-19(31)14(23)8-13-9-24-10-25-13/h9-12,14-16,18H,5-8,23H2,1-4H3,(H,24,25)(H,26,33)(H,27,32)(H,28,31)(H,29,30)(H,34,35). The fraction of sp³-hybridized carbons (Fsp3) is 0.636. The molecule has 1 rings (SSSR count). The number of aromatic amines is 1. The Hall–Kier alpha value is -3.48. The molecule has 0 fully saturated rings. The van der Waals surface area contributed by atoms with Crippen molar-refractivity contribution in [2.45, 2.75) is 77.5 Å². The molecular weight excluding hydrogens is 460 g/mol. The van der Waals surface area contributed by atoms with Crippen molar-refractivity contribution < 1.29 is 34.2 Å². The Morgan fingerprint density at radius 3 is 2.09 bits per heavy atom. The second kappa shape index (κ2) is 14.0. The first kappa shape index (κ1) is 29.6. The summed E-state index contributed by atoms with van der Waals surface area (Å²) in [6.07, 6.45) is 2.58. The lowest BCUT2D eigenvalue weighted by atomic mass is 10.0. The van der Waals surface area contributed by atoms with Crippen LogP contribution in [0.5, 0.6) is 0 Å². The van der Waals surface area contributed by atoms with Gasteiger partial charge in [0.05, 0.1) is 12.4 Å². The van der Waals surface area contributed by atoms with E-state index < -0.39 is 66.2 Å². The number of nitrogens with two attached hydrogens (primary N) is 1. The number of nitrogens with one attached hydrogen (secondary N) is 4. The minimum atomic E-state index is -1.32. The average molecular weight is 497 g/mol. The van der Waals surface area contributed by atoms with Crippen molar-refractivity contribution in [1.29, 1.82) is 0 Å². The van der Waals surface area contributed by atoms with Gasteiger partial charge < -0.3 is 36.9 Å². The van der Waals surface area contributed by atoms with Gasteiger partial charge >= 0.3 is 11.9 Å². The lowest BCUT2D eigenvalue weighted by Crippen LogP contribution is -2.58. The highest BCUT2D eigenvalue weighted by Gasteiger charge is 2.32. The Morgan fingerprint density at radius 1 is 0.971 bits per heavy atom. The van der Waals surface area contributed by atoms with Crippen molar-refractivity contribution >= 4 is 29.7 Å². The third-order valence-corrected chi connectivity index (χ3v) is 5.18. The molecule has 0 radical (unpaired) electrons. The van der Waals surface area contributed by atoms with Crippen LogP contribution in [0.4, 0.5) is 0 Å². The fourth-order valence-electron chi connectivity index (χ4n) is 3.28. The summed E-state index contributed by atoms with van der Waals surface area (Å²) in [6.45, 7) is 6.94.